The number of imidazole rings is 1. The Morgan fingerprint density at radius 2 is 1.74 bits per heavy atom. The Balaban J connectivity index is 1.29. The molecule has 6 heteroatoms. The van der Waals surface area contributed by atoms with Crippen LogP contribution in [-0.2, 0) is 17.8 Å². The van der Waals surface area contributed by atoms with Crippen molar-refractivity contribution in [3.05, 3.63) is 90.3 Å². The highest BCUT2D eigenvalue weighted by atomic mass is 16.5. The van der Waals surface area contributed by atoms with Gasteiger partial charge in [0.15, 0.2) is 0 Å². The monoisotopic (exact) mass is 415 g/mol. The largest absolute Gasteiger partial charge is 0.491 e. The van der Waals surface area contributed by atoms with Crippen molar-refractivity contribution in [3.63, 3.8) is 0 Å². The van der Waals surface area contributed by atoms with Gasteiger partial charge in [0.1, 0.15) is 24.3 Å². The standard InChI is InChI=1S/C25H25N3O3/c1-18-26-23-9-5-6-10-24(23)28(18)16-21(29)17-31-22-13-11-20(12-14-22)27-25(30)15-19-7-3-2-4-8-19/h2-14,21,29H,15-17H2,1H3,(H,27,30). The number of hydrogen-bond acceptors (Lipinski definition) is 4. The van der Waals surface area contributed by atoms with Crippen molar-refractivity contribution < 1.29 is 14.6 Å². The van der Waals surface area contributed by atoms with Crippen LogP contribution in [0.2, 0.25) is 0 Å². The zero-order chi connectivity index (χ0) is 21.6. The summed E-state index contributed by atoms with van der Waals surface area (Å²) in [5, 5.41) is 13.3. The Bertz CT molecular complexity index is 1150. The van der Waals surface area contributed by atoms with E-state index in [0.717, 1.165) is 22.4 Å². The number of carbonyl (C=O) groups excluding carboxylic acids is 1. The molecule has 0 spiro atoms. The van der Waals surface area contributed by atoms with Gasteiger partial charge in [0.05, 0.1) is 24.0 Å². The number of carbonyl (C=O) groups is 1. The molecule has 158 valence electrons. The first-order valence-electron chi connectivity index (χ1n) is 10.2. The molecule has 1 unspecified atom stereocenters. The molecule has 1 aromatic heterocycles. The number of benzene rings is 3. The lowest BCUT2D eigenvalue weighted by molar-refractivity contribution is -0.115. The number of anilines is 1. The van der Waals surface area contributed by atoms with Gasteiger partial charge in [0, 0.05) is 5.69 Å². The first-order valence-corrected chi connectivity index (χ1v) is 10.2. The van der Waals surface area contributed by atoms with Gasteiger partial charge in [-0.3, -0.25) is 4.79 Å². The van der Waals surface area contributed by atoms with Crippen molar-refractivity contribution in [1.82, 2.24) is 9.55 Å². The lowest BCUT2D eigenvalue weighted by Crippen LogP contribution is -2.24. The van der Waals surface area contributed by atoms with Crippen LogP contribution in [0.25, 0.3) is 11.0 Å². The molecule has 0 aliphatic carbocycles. The summed E-state index contributed by atoms with van der Waals surface area (Å²) in [5.74, 6) is 1.42. The van der Waals surface area contributed by atoms with Crippen molar-refractivity contribution in [2.45, 2.75) is 26.0 Å². The fourth-order valence-electron chi connectivity index (χ4n) is 3.50. The third-order valence-electron chi connectivity index (χ3n) is 5.03. The minimum absolute atomic E-state index is 0.0711. The van der Waals surface area contributed by atoms with Crippen molar-refractivity contribution in [1.29, 1.82) is 0 Å². The van der Waals surface area contributed by atoms with Gasteiger partial charge >= 0.3 is 0 Å². The number of rotatable bonds is 8. The molecule has 2 N–H and O–H groups in total. The first kappa shape index (κ1) is 20.6. The number of fused-ring (bicyclic) bond motifs is 1. The quantitative estimate of drug-likeness (QED) is 0.457. The minimum Gasteiger partial charge on any atom is -0.491 e. The van der Waals surface area contributed by atoms with Crippen molar-refractivity contribution >= 4 is 22.6 Å². The highest BCUT2D eigenvalue weighted by Crippen LogP contribution is 2.18. The Morgan fingerprint density at radius 3 is 2.52 bits per heavy atom. The lowest BCUT2D eigenvalue weighted by Gasteiger charge is -2.15. The zero-order valence-corrected chi connectivity index (χ0v) is 17.4. The topological polar surface area (TPSA) is 76.4 Å². The van der Waals surface area contributed by atoms with Gasteiger partial charge < -0.3 is 19.7 Å². The van der Waals surface area contributed by atoms with Crippen LogP contribution in [0.15, 0.2) is 78.9 Å². The zero-order valence-electron chi connectivity index (χ0n) is 17.4. The van der Waals surface area contributed by atoms with E-state index in [1.54, 1.807) is 24.3 Å². The van der Waals surface area contributed by atoms with E-state index < -0.39 is 6.10 Å². The second-order valence-electron chi connectivity index (χ2n) is 7.46. The van der Waals surface area contributed by atoms with Crippen molar-refractivity contribution in [2.75, 3.05) is 11.9 Å². The summed E-state index contributed by atoms with van der Waals surface area (Å²) in [6.07, 6.45) is -0.352. The Hall–Kier alpha value is -3.64. The van der Waals surface area contributed by atoms with E-state index in [1.807, 2.05) is 66.1 Å². The highest BCUT2D eigenvalue weighted by Gasteiger charge is 2.12. The van der Waals surface area contributed by atoms with Gasteiger partial charge in [-0.25, -0.2) is 4.98 Å². The summed E-state index contributed by atoms with van der Waals surface area (Å²) in [6, 6.07) is 24.6. The van der Waals surface area contributed by atoms with Crippen LogP contribution in [-0.4, -0.2) is 33.3 Å². The maximum atomic E-state index is 12.2. The first-order chi connectivity index (χ1) is 15.1. The van der Waals surface area contributed by atoms with E-state index in [-0.39, 0.29) is 12.5 Å². The summed E-state index contributed by atoms with van der Waals surface area (Å²) < 4.78 is 7.72. The molecule has 31 heavy (non-hydrogen) atoms. The molecule has 6 nitrogen and oxygen atoms in total. The van der Waals surface area contributed by atoms with E-state index >= 15 is 0 Å². The van der Waals surface area contributed by atoms with Crippen LogP contribution in [0.1, 0.15) is 11.4 Å². The Morgan fingerprint density at radius 1 is 1.03 bits per heavy atom. The summed E-state index contributed by atoms with van der Waals surface area (Å²) >= 11 is 0. The van der Waals surface area contributed by atoms with Gasteiger partial charge in [-0.2, -0.15) is 0 Å². The summed E-state index contributed by atoms with van der Waals surface area (Å²) in [6.45, 7) is 2.49. The predicted octanol–water partition coefficient (Wildman–Crippen LogP) is 3.97. The van der Waals surface area contributed by atoms with Crippen LogP contribution in [0, 0.1) is 6.92 Å². The van der Waals surface area contributed by atoms with Crippen molar-refractivity contribution in [3.8, 4) is 5.75 Å². The Kier molecular flexibility index (Phi) is 6.29. The number of aliphatic hydroxyl groups is 1. The molecule has 4 rings (SSSR count). The molecule has 1 amide bonds. The second-order valence-corrected chi connectivity index (χ2v) is 7.46. The van der Waals surface area contributed by atoms with Crippen LogP contribution in [0.5, 0.6) is 5.75 Å². The van der Waals surface area contributed by atoms with Crippen LogP contribution in [0.3, 0.4) is 0 Å². The number of aliphatic hydroxyl groups excluding tert-OH is 1. The van der Waals surface area contributed by atoms with Gasteiger partial charge in [0.2, 0.25) is 5.91 Å². The third-order valence-corrected chi connectivity index (χ3v) is 5.03. The molecule has 0 bridgehead atoms. The minimum atomic E-state index is -0.679. The van der Waals surface area contributed by atoms with Gasteiger partial charge in [-0.05, 0) is 48.9 Å². The van der Waals surface area contributed by atoms with E-state index in [0.29, 0.717) is 24.4 Å². The number of aryl methyl sites for hydroxylation is 1. The molecular weight excluding hydrogens is 390 g/mol. The predicted molar refractivity (Wildman–Crippen MR) is 121 cm³/mol. The fraction of sp³-hybridized carbons (Fsp3) is 0.200. The molecular formula is C25H25N3O3. The normalized spacial score (nSPS) is 11.9. The third kappa shape index (κ3) is 5.29. The maximum Gasteiger partial charge on any atom is 0.228 e. The molecule has 3 aromatic carbocycles. The molecule has 0 aliphatic heterocycles. The SMILES string of the molecule is Cc1nc2ccccc2n1CC(O)COc1ccc(NC(=O)Cc2ccccc2)cc1. The second kappa shape index (κ2) is 9.45. The summed E-state index contributed by atoms with van der Waals surface area (Å²) in [4.78, 5) is 16.7. The van der Waals surface area contributed by atoms with Gasteiger partial charge in [-0.15, -0.1) is 0 Å². The molecule has 1 heterocycles. The number of nitrogens with one attached hydrogen (secondary N) is 1. The number of nitrogens with zero attached hydrogens (tertiary/aromatic N) is 2. The Labute approximate surface area is 181 Å². The number of aromatic nitrogens is 2. The van der Waals surface area contributed by atoms with Crippen LogP contribution >= 0.6 is 0 Å². The average Bonchev–Trinajstić information content (AvgIpc) is 3.09. The number of ether oxygens (including phenoxy) is 1. The fourth-order valence-corrected chi connectivity index (χ4v) is 3.50. The summed E-state index contributed by atoms with van der Waals surface area (Å²) in [5.41, 5.74) is 3.58. The van der Waals surface area contributed by atoms with E-state index in [1.165, 1.54) is 0 Å². The van der Waals surface area contributed by atoms with E-state index in [9.17, 15) is 9.90 Å². The average molecular weight is 415 g/mol. The lowest BCUT2D eigenvalue weighted by atomic mass is 10.1. The molecule has 0 aliphatic rings. The van der Waals surface area contributed by atoms with E-state index in [4.69, 9.17) is 4.74 Å². The van der Waals surface area contributed by atoms with Crippen LogP contribution in [0.4, 0.5) is 5.69 Å². The van der Waals surface area contributed by atoms with Gasteiger partial charge in [-0.1, -0.05) is 42.5 Å². The smallest absolute Gasteiger partial charge is 0.228 e. The molecule has 0 saturated carbocycles. The van der Waals surface area contributed by atoms with Crippen molar-refractivity contribution in [2.24, 2.45) is 0 Å². The molecule has 0 fully saturated rings. The summed E-state index contributed by atoms with van der Waals surface area (Å²) in [7, 11) is 0. The molecule has 0 saturated heterocycles. The molecule has 4 aromatic rings. The maximum absolute atomic E-state index is 12.2. The van der Waals surface area contributed by atoms with E-state index in [2.05, 4.69) is 10.3 Å². The number of hydrogen-bond donors (Lipinski definition) is 2. The highest BCUT2D eigenvalue weighted by molar-refractivity contribution is 5.92. The molecule has 0 radical (unpaired) electrons. The van der Waals surface area contributed by atoms with Gasteiger partial charge in [0.25, 0.3) is 0 Å². The molecule has 1 atom stereocenters. The number of para-hydroxylation sites is 2. The number of amides is 1. The van der Waals surface area contributed by atoms with Crippen LogP contribution < -0.4 is 10.1 Å².